The van der Waals surface area contributed by atoms with E-state index in [9.17, 15) is 4.79 Å². The lowest BCUT2D eigenvalue weighted by Gasteiger charge is -2.12. The Morgan fingerprint density at radius 1 is 1.27 bits per heavy atom. The molecule has 2 N–H and O–H groups in total. The highest BCUT2D eigenvalue weighted by Gasteiger charge is 2.13. The zero-order valence-corrected chi connectivity index (χ0v) is 15.0. The molecule has 0 saturated heterocycles. The molecule has 0 amide bonds. The number of carbonyl (C=O) groups is 1. The first-order chi connectivity index (χ1) is 10.0. The number of benzene rings is 1. The van der Waals surface area contributed by atoms with Crippen molar-refractivity contribution in [2.75, 3.05) is 19.5 Å². The maximum absolute atomic E-state index is 11.6. The third-order valence-electron chi connectivity index (χ3n) is 2.70. The van der Waals surface area contributed by atoms with E-state index >= 15 is 0 Å². The number of thiophene rings is 1. The standard InChI is InChI=1S/C14H13BrN2O3S.ClH/c1-19-10-4-3-8(14(18)20-2)7-9(10)17-13(16)11-5-6-12(15)21-11;/h3-7H,1-2H3,(H2,16,17);1H. The lowest BCUT2D eigenvalue weighted by Crippen LogP contribution is -2.12. The van der Waals surface area contributed by atoms with Gasteiger partial charge in [0.05, 0.1) is 34.1 Å². The van der Waals surface area contributed by atoms with Crippen LogP contribution in [0.2, 0.25) is 0 Å². The Balaban J connectivity index is 0.00000242. The van der Waals surface area contributed by atoms with E-state index in [1.807, 2.05) is 12.1 Å². The van der Waals surface area contributed by atoms with E-state index in [4.69, 9.17) is 14.9 Å². The minimum atomic E-state index is -0.439. The van der Waals surface area contributed by atoms with Gasteiger partial charge in [0.15, 0.2) is 0 Å². The lowest BCUT2D eigenvalue weighted by molar-refractivity contribution is 0.0601. The number of esters is 1. The second-order valence-corrected chi connectivity index (χ2v) is 6.47. The third kappa shape index (κ3) is 4.22. The Labute approximate surface area is 146 Å². The predicted octanol–water partition coefficient (Wildman–Crippen LogP) is 4.17. The molecule has 1 aromatic heterocycles. The molecule has 0 aliphatic heterocycles. The fourth-order valence-electron chi connectivity index (χ4n) is 1.70. The first kappa shape index (κ1) is 18.5. The van der Waals surface area contributed by atoms with Gasteiger partial charge in [-0.05, 0) is 46.3 Å². The fourth-order valence-corrected chi connectivity index (χ4v) is 2.99. The molecule has 118 valence electrons. The molecule has 0 aliphatic carbocycles. The van der Waals surface area contributed by atoms with Crippen molar-refractivity contribution in [3.05, 3.63) is 44.6 Å². The van der Waals surface area contributed by atoms with Crippen molar-refractivity contribution in [1.29, 1.82) is 5.41 Å². The molecule has 0 atom stereocenters. The molecule has 0 aliphatic rings. The van der Waals surface area contributed by atoms with Crippen LogP contribution in [0.15, 0.2) is 34.1 Å². The molecule has 2 rings (SSSR count). The number of amidine groups is 1. The minimum Gasteiger partial charge on any atom is -0.495 e. The summed E-state index contributed by atoms with van der Waals surface area (Å²) in [5, 5.41) is 11.0. The molecule has 0 saturated carbocycles. The molecule has 2 aromatic rings. The predicted molar refractivity (Wildman–Crippen MR) is 94.1 cm³/mol. The summed E-state index contributed by atoms with van der Waals surface area (Å²) in [5.74, 6) is 0.333. The third-order valence-corrected chi connectivity index (χ3v) is 4.34. The van der Waals surface area contributed by atoms with Crippen LogP contribution in [0.1, 0.15) is 15.2 Å². The van der Waals surface area contributed by atoms with Crippen LogP contribution in [-0.2, 0) is 4.74 Å². The van der Waals surface area contributed by atoms with Gasteiger partial charge in [-0.1, -0.05) is 0 Å². The molecule has 0 unspecified atom stereocenters. The Morgan fingerprint density at radius 3 is 2.55 bits per heavy atom. The largest absolute Gasteiger partial charge is 0.495 e. The average Bonchev–Trinajstić information content (AvgIpc) is 2.93. The van der Waals surface area contributed by atoms with Crippen LogP contribution in [0.25, 0.3) is 0 Å². The Bertz CT molecular complexity index is 690. The van der Waals surface area contributed by atoms with Gasteiger partial charge in [-0.25, -0.2) is 4.79 Å². The van der Waals surface area contributed by atoms with Gasteiger partial charge in [-0.2, -0.15) is 0 Å². The molecule has 1 heterocycles. The van der Waals surface area contributed by atoms with Gasteiger partial charge in [0.2, 0.25) is 0 Å². The number of nitrogens with one attached hydrogen (secondary N) is 2. The molecule has 1 aromatic carbocycles. The maximum Gasteiger partial charge on any atom is 0.337 e. The Hall–Kier alpha value is -1.57. The van der Waals surface area contributed by atoms with Crippen molar-refractivity contribution >= 4 is 57.2 Å². The number of methoxy groups -OCH3 is 2. The Kier molecular flexibility index (Phi) is 6.86. The molecule has 0 radical (unpaired) electrons. The van der Waals surface area contributed by atoms with Crippen LogP contribution in [0.5, 0.6) is 5.75 Å². The molecular formula is C14H14BrClN2O3S. The number of rotatable bonds is 4. The van der Waals surface area contributed by atoms with E-state index in [1.165, 1.54) is 25.6 Å². The number of carbonyl (C=O) groups excluding carboxylic acids is 1. The van der Waals surface area contributed by atoms with E-state index in [-0.39, 0.29) is 18.2 Å². The number of hydrogen-bond acceptors (Lipinski definition) is 5. The minimum absolute atomic E-state index is 0. The van der Waals surface area contributed by atoms with Crippen LogP contribution in [0.3, 0.4) is 0 Å². The molecular weight excluding hydrogens is 392 g/mol. The highest BCUT2D eigenvalue weighted by Crippen LogP contribution is 2.28. The van der Waals surface area contributed by atoms with E-state index in [2.05, 4.69) is 21.2 Å². The van der Waals surface area contributed by atoms with Crippen molar-refractivity contribution in [3.8, 4) is 5.75 Å². The van der Waals surface area contributed by atoms with Crippen LogP contribution in [-0.4, -0.2) is 26.0 Å². The molecule has 0 fully saturated rings. The topological polar surface area (TPSA) is 71.4 Å². The summed E-state index contributed by atoms with van der Waals surface area (Å²) in [7, 11) is 2.86. The number of anilines is 1. The van der Waals surface area contributed by atoms with Gasteiger partial charge < -0.3 is 14.8 Å². The molecule has 0 spiro atoms. The second-order valence-electron chi connectivity index (χ2n) is 4.01. The molecule has 0 bridgehead atoms. The van der Waals surface area contributed by atoms with E-state index in [1.54, 1.807) is 18.2 Å². The summed E-state index contributed by atoms with van der Waals surface area (Å²) >= 11 is 4.80. The second kappa shape index (κ2) is 8.17. The SMILES string of the molecule is COC(=O)c1ccc(OC)c(NC(=N)c2ccc(Br)s2)c1.Cl. The molecule has 5 nitrogen and oxygen atoms in total. The molecule has 8 heteroatoms. The number of hydrogen-bond donors (Lipinski definition) is 2. The van der Waals surface area contributed by atoms with Gasteiger partial charge in [-0.15, -0.1) is 23.7 Å². The van der Waals surface area contributed by atoms with Crippen molar-refractivity contribution in [2.45, 2.75) is 0 Å². The van der Waals surface area contributed by atoms with Crippen molar-refractivity contribution in [3.63, 3.8) is 0 Å². The van der Waals surface area contributed by atoms with Gasteiger partial charge in [-0.3, -0.25) is 5.41 Å². The highest BCUT2D eigenvalue weighted by molar-refractivity contribution is 9.11. The lowest BCUT2D eigenvalue weighted by atomic mass is 10.2. The van der Waals surface area contributed by atoms with Gasteiger partial charge in [0, 0.05) is 0 Å². The zero-order valence-electron chi connectivity index (χ0n) is 11.8. The first-order valence-corrected chi connectivity index (χ1v) is 7.53. The quantitative estimate of drug-likeness (QED) is 0.455. The zero-order chi connectivity index (χ0) is 15.4. The van der Waals surface area contributed by atoms with Crippen molar-refractivity contribution in [1.82, 2.24) is 0 Å². The van der Waals surface area contributed by atoms with E-state index < -0.39 is 5.97 Å². The van der Waals surface area contributed by atoms with Gasteiger partial charge >= 0.3 is 5.97 Å². The Morgan fingerprint density at radius 2 is 2.00 bits per heavy atom. The average molecular weight is 406 g/mol. The van der Waals surface area contributed by atoms with E-state index in [0.29, 0.717) is 17.0 Å². The number of ether oxygens (including phenoxy) is 2. The highest BCUT2D eigenvalue weighted by atomic mass is 79.9. The normalized spacial score (nSPS) is 9.59. The van der Waals surface area contributed by atoms with Gasteiger partial charge in [0.25, 0.3) is 0 Å². The number of halogens is 2. The van der Waals surface area contributed by atoms with Crippen LogP contribution in [0.4, 0.5) is 5.69 Å². The first-order valence-electron chi connectivity index (χ1n) is 5.92. The van der Waals surface area contributed by atoms with Crippen molar-refractivity contribution in [2.24, 2.45) is 0 Å². The van der Waals surface area contributed by atoms with E-state index in [0.717, 1.165) is 8.66 Å². The molecule has 22 heavy (non-hydrogen) atoms. The summed E-state index contributed by atoms with van der Waals surface area (Å²) in [6.45, 7) is 0. The summed E-state index contributed by atoms with van der Waals surface area (Å²) in [6.07, 6.45) is 0. The maximum atomic E-state index is 11.6. The fraction of sp³-hybridized carbons (Fsp3) is 0.143. The van der Waals surface area contributed by atoms with Crippen LogP contribution in [0, 0.1) is 5.41 Å². The monoisotopic (exact) mass is 404 g/mol. The van der Waals surface area contributed by atoms with Crippen molar-refractivity contribution < 1.29 is 14.3 Å². The summed E-state index contributed by atoms with van der Waals surface area (Å²) in [6, 6.07) is 8.58. The van der Waals surface area contributed by atoms with Crippen LogP contribution >= 0.6 is 39.7 Å². The smallest absolute Gasteiger partial charge is 0.337 e. The van der Waals surface area contributed by atoms with Crippen LogP contribution < -0.4 is 10.1 Å². The summed E-state index contributed by atoms with van der Waals surface area (Å²) in [4.78, 5) is 12.3. The summed E-state index contributed by atoms with van der Waals surface area (Å²) < 4.78 is 10.9. The summed E-state index contributed by atoms with van der Waals surface area (Å²) in [5.41, 5.74) is 0.927. The van der Waals surface area contributed by atoms with Gasteiger partial charge in [0.1, 0.15) is 11.6 Å².